The quantitative estimate of drug-likeness (QED) is 0.208. The zero-order chi connectivity index (χ0) is 25.9. The Morgan fingerprint density at radius 1 is 0.757 bits per heavy atom. The van der Waals surface area contributed by atoms with Crippen LogP contribution in [0.2, 0.25) is 0 Å². The molecule has 0 bridgehead atoms. The number of nitrogens with zero attached hydrogens (tertiary/aromatic N) is 3. The maximum atomic E-state index is 10.3. The summed E-state index contributed by atoms with van der Waals surface area (Å²) in [6.07, 6.45) is -3.17. The van der Waals surface area contributed by atoms with Crippen molar-refractivity contribution in [2.24, 2.45) is 5.11 Å². The van der Waals surface area contributed by atoms with E-state index in [4.69, 9.17) is 24.5 Å². The van der Waals surface area contributed by atoms with E-state index in [1.807, 2.05) is 91.0 Å². The Morgan fingerprint density at radius 3 is 1.62 bits per heavy atom. The Balaban J connectivity index is 1.63. The van der Waals surface area contributed by atoms with Gasteiger partial charge in [-0.15, -0.1) is 0 Å². The van der Waals surface area contributed by atoms with Gasteiger partial charge in [-0.3, -0.25) is 0 Å². The van der Waals surface area contributed by atoms with Gasteiger partial charge in [0.15, 0.2) is 0 Å². The first-order chi connectivity index (χ1) is 18.2. The van der Waals surface area contributed by atoms with E-state index in [1.54, 1.807) is 6.92 Å². The lowest BCUT2D eigenvalue weighted by molar-refractivity contribution is -0.272. The molecule has 4 rings (SSSR count). The Bertz CT molecular complexity index is 1110. The Kier molecular flexibility index (Phi) is 10.1. The molecular formula is C29H33N3O5. The fourth-order valence-corrected chi connectivity index (χ4v) is 4.51. The van der Waals surface area contributed by atoms with Crippen LogP contribution in [-0.2, 0) is 38.8 Å². The van der Waals surface area contributed by atoms with E-state index >= 15 is 0 Å². The summed E-state index contributed by atoms with van der Waals surface area (Å²) in [5.41, 5.74) is 12.1. The van der Waals surface area contributed by atoms with Gasteiger partial charge in [-0.1, -0.05) is 103 Å². The predicted octanol–water partition coefficient (Wildman–Crippen LogP) is 5.20. The summed E-state index contributed by atoms with van der Waals surface area (Å²) in [6.45, 7) is 2.45. The first-order valence-electron chi connectivity index (χ1n) is 12.5. The molecule has 194 valence electrons. The first kappa shape index (κ1) is 26.8. The molecule has 0 aromatic heterocycles. The number of benzene rings is 3. The van der Waals surface area contributed by atoms with E-state index < -0.39 is 36.6 Å². The molecule has 0 spiro atoms. The SMILES string of the molecule is C[C@H](N=[N+]=[N-])[C@@H]1O[C@H](CO)[C@@H](OCc2ccccc2)[C@H](OCc2ccccc2)[C@H]1OCc1ccccc1. The van der Waals surface area contributed by atoms with Gasteiger partial charge in [0.25, 0.3) is 0 Å². The third-order valence-electron chi connectivity index (χ3n) is 6.41. The van der Waals surface area contributed by atoms with Crippen molar-refractivity contribution in [2.75, 3.05) is 6.61 Å². The van der Waals surface area contributed by atoms with Crippen LogP contribution in [0.15, 0.2) is 96.1 Å². The van der Waals surface area contributed by atoms with Crippen LogP contribution >= 0.6 is 0 Å². The minimum atomic E-state index is -0.692. The summed E-state index contributed by atoms with van der Waals surface area (Å²) >= 11 is 0. The molecule has 0 aliphatic carbocycles. The van der Waals surface area contributed by atoms with Crippen LogP contribution in [0.1, 0.15) is 23.6 Å². The van der Waals surface area contributed by atoms with Crippen LogP contribution in [0.25, 0.3) is 10.4 Å². The van der Waals surface area contributed by atoms with E-state index in [1.165, 1.54) is 0 Å². The third-order valence-corrected chi connectivity index (χ3v) is 6.41. The van der Waals surface area contributed by atoms with E-state index in [0.717, 1.165) is 16.7 Å². The second kappa shape index (κ2) is 13.9. The largest absolute Gasteiger partial charge is 0.394 e. The number of hydrogen-bond donors (Lipinski definition) is 1. The van der Waals surface area contributed by atoms with Crippen LogP contribution in [0.4, 0.5) is 0 Å². The van der Waals surface area contributed by atoms with E-state index in [0.29, 0.717) is 19.8 Å². The van der Waals surface area contributed by atoms with Crippen molar-refractivity contribution >= 4 is 0 Å². The first-order valence-corrected chi connectivity index (χ1v) is 12.5. The predicted molar refractivity (Wildman–Crippen MR) is 139 cm³/mol. The average molecular weight is 504 g/mol. The fraction of sp³-hybridized carbons (Fsp3) is 0.379. The molecule has 37 heavy (non-hydrogen) atoms. The van der Waals surface area contributed by atoms with Crippen LogP contribution < -0.4 is 0 Å². The zero-order valence-corrected chi connectivity index (χ0v) is 20.9. The Hall–Kier alpha value is -3.23. The molecule has 0 saturated carbocycles. The topological polar surface area (TPSA) is 106 Å². The maximum Gasteiger partial charge on any atom is 0.115 e. The van der Waals surface area contributed by atoms with Crippen molar-refractivity contribution < 1.29 is 24.1 Å². The van der Waals surface area contributed by atoms with Crippen molar-refractivity contribution in [2.45, 2.75) is 63.3 Å². The van der Waals surface area contributed by atoms with Crippen LogP contribution in [0.5, 0.6) is 0 Å². The molecule has 1 heterocycles. The molecule has 1 aliphatic rings. The van der Waals surface area contributed by atoms with Gasteiger partial charge in [-0.05, 0) is 22.2 Å². The number of azide groups is 1. The zero-order valence-electron chi connectivity index (χ0n) is 20.9. The van der Waals surface area contributed by atoms with Gasteiger partial charge < -0.3 is 24.1 Å². The number of ether oxygens (including phenoxy) is 4. The van der Waals surface area contributed by atoms with E-state index in [9.17, 15) is 5.11 Å². The molecule has 1 saturated heterocycles. The van der Waals surface area contributed by atoms with Gasteiger partial charge in [0.05, 0.1) is 38.6 Å². The van der Waals surface area contributed by atoms with Gasteiger partial charge in [-0.25, -0.2) is 0 Å². The maximum absolute atomic E-state index is 10.3. The fourth-order valence-electron chi connectivity index (χ4n) is 4.51. The normalized spacial score (nSPS) is 24.2. The number of aliphatic hydroxyl groups excluding tert-OH is 1. The molecular weight excluding hydrogens is 470 g/mol. The number of rotatable bonds is 12. The van der Waals surface area contributed by atoms with E-state index in [-0.39, 0.29) is 6.61 Å². The van der Waals surface area contributed by atoms with Gasteiger partial charge in [0.2, 0.25) is 0 Å². The highest BCUT2D eigenvalue weighted by atomic mass is 16.6. The second-order valence-electron chi connectivity index (χ2n) is 9.05. The number of aliphatic hydroxyl groups is 1. The molecule has 0 unspecified atom stereocenters. The highest BCUT2D eigenvalue weighted by molar-refractivity contribution is 5.16. The van der Waals surface area contributed by atoms with Crippen molar-refractivity contribution in [3.05, 3.63) is 118 Å². The van der Waals surface area contributed by atoms with Gasteiger partial charge in [0, 0.05) is 4.91 Å². The highest BCUT2D eigenvalue weighted by Gasteiger charge is 2.49. The second-order valence-corrected chi connectivity index (χ2v) is 9.05. The van der Waals surface area contributed by atoms with Gasteiger partial charge in [-0.2, -0.15) is 0 Å². The lowest BCUT2D eigenvalue weighted by Gasteiger charge is -2.47. The molecule has 1 N–H and O–H groups in total. The van der Waals surface area contributed by atoms with E-state index in [2.05, 4.69) is 10.0 Å². The molecule has 1 aliphatic heterocycles. The summed E-state index contributed by atoms with van der Waals surface area (Å²) in [6, 6.07) is 28.9. The summed E-state index contributed by atoms with van der Waals surface area (Å²) in [5, 5.41) is 14.2. The lowest BCUT2D eigenvalue weighted by atomic mass is 9.91. The monoisotopic (exact) mass is 503 g/mol. The lowest BCUT2D eigenvalue weighted by Crippen LogP contribution is -2.63. The standard InChI is InChI=1S/C29H33N3O5/c1-21(31-32-30)26-28(35-19-23-13-7-3-8-14-23)29(36-20-24-15-9-4-10-16-24)27(25(17-33)37-26)34-18-22-11-5-2-6-12-22/h2-16,21,25-29,33H,17-20H2,1H3/t21-,25+,26-,27+,28-,29-/m0/s1. The van der Waals surface area contributed by atoms with Crippen LogP contribution in [0.3, 0.4) is 0 Å². The summed E-state index contributed by atoms with van der Waals surface area (Å²) < 4.78 is 25.6. The van der Waals surface area contributed by atoms with Crippen molar-refractivity contribution in [1.82, 2.24) is 0 Å². The molecule has 0 radical (unpaired) electrons. The minimum Gasteiger partial charge on any atom is -0.394 e. The Labute approximate surface area is 217 Å². The molecule has 1 fully saturated rings. The smallest absolute Gasteiger partial charge is 0.115 e. The Morgan fingerprint density at radius 2 is 1.19 bits per heavy atom. The molecule has 6 atom stereocenters. The summed E-state index contributed by atoms with van der Waals surface area (Å²) in [5.74, 6) is 0. The highest BCUT2D eigenvalue weighted by Crippen LogP contribution is 2.32. The van der Waals surface area contributed by atoms with Crippen LogP contribution in [-0.4, -0.2) is 48.3 Å². The third kappa shape index (κ3) is 7.40. The minimum absolute atomic E-state index is 0.282. The number of hydrogen-bond acceptors (Lipinski definition) is 6. The summed E-state index contributed by atoms with van der Waals surface area (Å²) in [4.78, 5) is 2.98. The van der Waals surface area contributed by atoms with Crippen molar-refractivity contribution in [3.63, 3.8) is 0 Å². The molecule has 3 aromatic carbocycles. The summed E-state index contributed by atoms with van der Waals surface area (Å²) in [7, 11) is 0. The van der Waals surface area contributed by atoms with Crippen molar-refractivity contribution in [3.8, 4) is 0 Å². The average Bonchev–Trinajstić information content (AvgIpc) is 2.95. The van der Waals surface area contributed by atoms with Gasteiger partial charge >= 0.3 is 0 Å². The van der Waals surface area contributed by atoms with Crippen LogP contribution in [0, 0.1) is 0 Å². The molecule has 0 amide bonds. The molecule has 8 heteroatoms. The molecule has 8 nitrogen and oxygen atoms in total. The van der Waals surface area contributed by atoms with Gasteiger partial charge in [0.1, 0.15) is 24.4 Å². The molecule has 3 aromatic rings. The van der Waals surface area contributed by atoms with Crippen molar-refractivity contribution in [1.29, 1.82) is 0 Å².